The van der Waals surface area contributed by atoms with Gasteiger partial charge in [0.2, 0.25) is 0 Å². The minimum Gasteiger partial charge on any atom is -0.337 e. The Bertz CT molecular complexity index is 1150. The van der Waals surface area contributed by atoms with Crippen LogP contribution in [0.2, 0.25) is 0 Å². The molecule has 0 aliphatic heterocycles. The van der Waals surface area contributed by atoms with Crippen LogP contribution < -0.4 is 0 Å². The van der Waals surface area contributed by atoms with Crippen LogP contribution in [-0.4, -0.2) is 15.0 Å². The van der Waals surface area contributed by atoms with Crippen LogP contribution in [-0.2, 0) is 0 Å². The fourth-order valence-corrected chi connectivity index (χ4v) is 3.49. The summed E-state index contributed by atoms with van der Waals surface area (Å²) in [5.74, 6) is 0.865. The molecule has 3 nitrogen and oxygen atoms in total. The Labute approximate surface area is 169 Å². The zero-order valence-corrected chi connectivity index (χ0v) is 15.8. The number of nitrogens with one attached hydrogen (secondary N) is 1. The second-order valence-electron chi connectivity index (χ2n) is 6.85. The average Bonchev–Trinajstić information content (AvgIpc) is 3.27. The maximum atomic E-state index is 4.96. The largest absolute Gasteiger partial charge is 0.337 e. The first-order valence-electron chi connectivity index (χ1n) is 9.60. The molecule has 0 fully saturated rings. The van der Waals surface area contributed by atoms with Crippen molar-refractivity contribution < 1.29 is 0 Å². The smallest absolute Gasteiger partial charge is 0.138 e. The van der Waals surface area contributed by atoms with Crippen LogP contribution in [0.15, 0.2) is 109 Å². The van der Waals surface area contributed by atoms with Gasteiger partial charge in [-0.2, -0.15) is 0 Å². The summed E-state index contributed by atoms with van der Waals surface area (Å²) < 4.78 is 0. The minimum atomic E-state index is 0.865. The van der Waals surface area contributed by atoms with E-state index in [2.05, 4.69) is 58.5 Å². The maximum Gasteiger partial charge on any atom is 0.138 e. The van der Waals surface area contributed by atoms with Crippen molar-refractivity contribution in [2.45, 2.75) is 0 Å². The lowest BCUT2D eigenvalue weighted by Gasteiger charge is -2.03. The third kappa shape index (κ3) is 3.46. The Morgan fingerprint density at radius 1 is 0.483 bits per heavy atom. The number of H-pyrrole nitrogens is 1. The molecule has 0 aliphatic carbocycles. The molecule has 0 saturated heterocycles. The van der Waals surface area contributed by atoms with E-state index in [4.69, 9.17) is 4.98 Å². The van der Waals surface area contributed by atoms with Gasteiger partial charge in [-0.05, 0) is 23.3 Å². The molecule has 2 aromatic heterocycles. The Balaban J connectivity index is 1.58. The van der Waals surface area contributed by atoms with Crippen LogP contribution in [0.25, 0.3) is 45.0 Å². The molecule has 3 aromatic carbocycles. The normalized spacial score (nSPS) is 10.8. The number of pyridine rings is 1. The van der Waals surface area contributed by atoms with Gasteiger partial charge >= 0.3 is 0 Å². The van der Waals surface area contributed by atoms with Gasteiger partial charge in [-0.25, -0.2) is 4.98 Å². The summed E-state index contributed by atoms with van der Waals surface area (Å²) in [6, 6.07) is 33.1. The van der Waals surface area contributed by atoms with E-state index in [0.717, 1.165) is 45.0 Å². The summed E-state index contributed by atoms with van der Waals surface area (Å²) in [7, 11) is 0. The Kier molecular flexibility index (Phi) is 4.47. The van der Waals surface area contributed by atoms with Crippen LogP contribution in [0.5, 0.6) is 0 Å². The predicted octanol–water partition coefficient (Wildman–Crippen LogP) is 6.47. The molecule has 0 bridgehead atoms. The zero-order valence-electron chi connectivity index (χ0n) is 15.8. The number of aromatic nitrogens is 3. The first-order valence-corrected chi connectivity index (χ1v) is 9.60. The summed E-state index contributed by atoms with van der Waals surface area (Å²) in [5, 5.41) is 0. The van der Waals surface area contributed by atoms with Crippen LogP contribution in [0.4, 0.5) is 0 Å². The molecule has 5 rings (SSSR count). The highest BCUT2D eigenvalue weighted by atomic mass is 14.9. The first kappa shape index (κ1) is 17.1. The van der Waals surface area contributed by atoms with Gasteiger partial charge < -0.3 is 4.98 Å². The molecule has 0 unspecified atom stereocenters. The molecule has 138 valence electrons. The lowest BCUT2D eigenvalue weighted by Crippen LogP contribution is -1.83. The molecular weight excluding hydrogens is 354 g/mol. The van der Waals surface area contributed by atoms with Gasteiger partial charge in [0.05, 0.1) is 11.4 Å². The van der Waals surface area contributed by atoms with Crippen molar-refractivity contribution >= 4 is 0 Å². The van der Waals surface area contributed by atoms with E-state index in [0.29, 0.717) is 0 Å². The molecule has 0 spiro atoms. The second-order valence-corrected chi connectivity index (χ2v) is 6.85. The van der Waals surface area contributed by atoms with Gasteiger partial charge in [0.15, 0.2) is 0 Å². The van der Waals surface area contributed by atoms with Gasteiger partial charge in [-0.3, -0.25) is 4.98 Å². The fraction of sp³-hybridized carbons (Fsp3) is 0. The highest BCUT2D eigenvalue weighted by molar-refractivity contribution is 5.81. The highest BCUT2D eigenvalue weighted by Crippen LogP contribution is 2.33. The summed E-state index contributed by atoms with van der Waals surface area (Å²) in [5.41, 5.74) is 7.59. The quantitative estimate of drug-likeness (QED) is 0.392. The van der Waals surface area contributed by atoms with Gasteiger partial charge in [-0.15, -0.1) is 0 Å². The summed E-state index contributed by atoms with van der Waals surface area (Å²) in [6.07, 6.45) is 3.63. The zero-order chi connectivity index (χ0) is 19.5. The number of imidazole rings is 1. The third-order valence-corrected chi connectivity index (χ3v) is 4.99. The van der Waals surface area contributed by atoms with Crippen molar-refractivity contribution in [3.8, 4) is 45.0 Å². The van der Waals surface area contributed by atoms with E-state index in [1.54, 1.807) is 0 Å². The monoisotopic (exact) mass is 373 g/mol. The maximum absolute atomic E-state index is 4.96. The highest BCUT2D eigenvalue weighted by Gasteiger charge is 2.15. The predicted molar refractivity (Wildman–Crippen MR) is 118 cm³/mol. The molecule has 0 atom stereocenters. The van der Waals surface area contributed by atoms with E-state index in [1.807, 2.05) is 60.9 Å². The van der Waals surface area contributed by atoms with Crippen LogP contribution in [0.1, 0.15) is 0 Å². The Morgan fingerprint density at radius 3 is 1.69 bits per heavy atom. The number of hydrogen-bond donors (Lipinski definition) is 1. The molecule has 1 N–H and O–H groups in total. The molecule has 5 aromatic rings. The summed E-state index contributed by atoms with van der Waals surface area (Å²) in [4.78, 5) is 12.6. The SMILES string of the molecule is c1ccc(-c2nc(-c3ccc(-c4ccncc4)cc3)[nH]c2-c2ccccc2)cc1. The number of aromatic amines is 1. The first-order chi connectivity index (χ1) is 14.4. The standard InChI is InChI=1S/C26H19N3/c1-3-7-21(8-4-1)24-25(22-9-5-2-6-10-22)29-26(28-24)23-13-11-19(12-14-23)20-15-17-27-18-16-20/h1-18H,(H,28,29). The Morgan fingerprint density at radius 2 is 1.03 bits per heavy atom. The lowest BCUT2D eigenvalue weighted by molar-refractivity contribution is 1.31. The van der Waals surface area contributed by atoms with Crippen LogP contribution in [0.3, 0.4) is 0 Å². The van der Waals surface area contributed by atoms with Crippen molar-refractivity contribution in [2.24, 2.45) is 0 Å². The molecular formula is C26H19N3. The second kappa shape index (κ2) is 7.56. The molecule has 3 heteroatoms. The van der Waals surface area contributed by atoms with E-state index < -0.39 is 0 Å². The summed E-state index contributed by atoms with van der Waals surface area (Å²) >= 11 is 0. The van der Waals surface area contributed by atoms with Crippen LogP contribution >= 0.6 is 0 Å². The van der Waals surface area contributed by atoms with Crippen molar-refractivity contribution in [1.82, 2.24) is 15.0 Å². The van der Waals surface area contributed by atoms with Gasteiger partial charge in [0.1, 0.15) is 5.82 Å². The minimum absolute atomic E-state index is 0.865. The fourth-order valence-electron chi connectivity index (χ4n) is 3.49. The number of benzene rings is 3. The molecule has 0 aliphatic rings. The van der Waals surface area contributed by atoms with Crippen molar-refractivity contribution in [3.05, 3.63) is 109 Å². The summed E-state index contributed by atoms with van der Waals surface area (Å²) in [6.45, 7) is 0. The lowest BCUT2D eigenvalue weighted by atomic mass is 10.1. The van der Waals surface area contributed by atoms with E-state index >= 15 is 0 Å². The van der Waals surface area contributed by atoms with E-state index in [-0.39, 0.29) is 0 Å². The average molecular weight is 373 g/mol. The Hall–Kier alpha value is -3.98. The van der Waals surface area contributed by atoms with E-state index in [9.17, 15) is 0 Å². The number of hydrogen-bond acceptors (Lipinski definition) is 2. The van der Waals surface area contributed by atoms with Crippen molar-refractivity contribution in [3.63, 3.8) is 0 Å². The topological polar surface area (TPSA) is 41.6 Å². The molecule has 2 heterocycles. The van der Waals surface area contributed by atoms with Gasteiger partial charge in [-0.1, -0.05) is 84.9 Å². The number of rotatable bonds is 4. The number of nitrogens with zero attached hydrogens (tertiary/aromatic N) is 2. The van der Waals surface area contributed by atoms with Gasteiger partial charge in [0, 0.05) is 29.1 Å². The third-order valence-electron chi connectivity index (χ3n) is 4.99. The molecule has 29 heavy (non-hydrogen) atoms. The molecule has 0 amide bonds. The molecule has 0 saturated carbocycles. The van der Waals surface area contributed by atoms with Crippen molar-refractivity contribution in [1.29, 1.82) is 0 Å². The van der Waals surface area contributed by atoms with E-state index in [1.165, 1.54) is 0 Å². The molecule has 0 radical (unpaired) electrons. The van der Waals surface area contributed by atoms with Crippen LogP contribution in [0, 0.1) is 0 Å². The van der Waals surface area contributed by atoms with Crippen molar-refractivity contribution in [2.75, 3.05) is 0 Å². The van der Waals surface area contributed by atoms with Gasteiger partial charge in [0.25, 0.3) is 0 Å².